The number of carbonyl (C=O) groups excluding carboxylic acids is 1. The Morgan fingerprint density at radius 2 is 2.00 bits per heavy atom. The number of nitrogens with one attached hydrogen (secondary N) is 1. The number of hydrogen-bond donors (Lipinski definition) is 1. The van der Waals surface area contributed by atoms with Gasteiger partial charge in [0.05, 0.1) is 5.56 Å². The fourth-order valence-electron chi connectivity index (χ4n) is 6.15. The van der Waals surface area contributed by atoms with E-state index >= 15 is 0 Å². The molecule has 4 rings (SSSR count). The van der Waals surface area contributed by atoms with Crippen molar-refractivity contribution in [2.75, 3.05) is 51.2 Å². The van der Waals surface area contributed by atoms with Crippen LogP contribution in [0, 0.1) is 17.2 Å². The number of carbonyl (C=O) groups is 1. The van der Waals surface area contributed by atoms with Gasteiger partial charge in [-0.1, -0.05) is 13.8 Å². The highest BCUT2D eigenvalue weighted by Gasteiger charge is 2.50. The fraction of sp³-hybridized carbons (Fsp3) is 0.655. The molecule has 2 fully saturated rings. The highest BCUT2D eigenvalue weighted by atomic mass is 19.1. The number of likely N-dealkylation sites (tertiary alicyclic amines) is 1. The van der Waals surface area contributed by atoms with E-state index < -0.39 is 5.82 Å². The summed E-state index contributed by atoms with van der Waals surface area (Å²) in [5.41, 5.74) is 0.390. The van der Waals surface area contributed by atoms with Crippen LogP contribution in [-0.4, -0.2) is 89.3 Å². The van der Waals surface area contributed by atoms with Gasteiger partial charge in [0.1, 0.15) is 17.9 Å². The molecule has 2 saturated heterocycles. The van der Waals surface area contributed by atoms with E-state index in [1.54, 1.807) is 4.90 Å². The zero-order valence-corrected chi connectivity index (χ0v) is 24.3. The van der Waals surface area contributed by atoms with Gasteiger partial charge in [0.15, 0.2) is 5.82 Å². The lowest BCUT2D eigenvalue weighted by Crippen LogP contribution is -2.62. The van der Waals surface area contributed by atoms with E-state index in [1.807, 2.05) is 27.8 Å². The number of aromatic nitrogens is 3. The van der Waals surface area contributed by atoms with E-state index in [0.29, 0.717) is 24.3 Å². The van der Waals surface area contributed by atoms with E-state index in [0.717, 1.165) is 39.1 Å². The Balaban J connectivity index is 1.49. The van der Waals surface area contributed by atoms with Crippen molar-refractivity contribution < 1.29 is 13.9 Å². The average Bonchev–Trinajstić information content (AvgIpc) is 3.33. The lowest BCUT2D eigenvalue weighted by molar-refractivity contribution is -0.0338. The van der Waals surface area contributed by atoms with Crippen LogP contribution in [0.15, 0.2) is 24.5 Å². The molecule has 2 aliphatic rings. The maximum absolute atomic E-state index is 14.2. The predicted molar refractivity (Wildman–Crippen MR) is 151 cm³/mol. The summed E-state index contributed by atoms with van der Waals surface area (Å²) in [5.74, 6) is 0.915. The minimum Gasteiger partial charge on any atom is -0.434 e. The monoisotopic (exact) mass is 541 g/mol. The first-order valence-corrected chi connectivity index (χ1v) is 14.3. The molecule has 39 heavy (non-hydrogen) atoms. The van der Waals surface area contributed by atoms with Crippen molar-refractivity contribution in [3.8, 4) is 11.6 Å². The molecule has 1 aromatic heterocycles. The Labute approximate surface area is 232 Å². The molecule has 1 atom stereocenters. The molecule has 2 aliphatic heterocycles. The minimum absolute atomic E-state index is 0.0335. The Hall–Kier alpha value is -2.85. The first-order valence-electron chi connectivity index (χ1n) is 14.3. The summed E-state index contributed by atoms with van der Waals surface area (Å²) in [5, 5.41) is 11.4. The smallest absolute Gasteiger partial charge is 0.282 e. The second-order valence-electron chi connectivity index (χ2n) is 11.6. The van der Waals surface area contributed by atoms with Crippen molar-refractivity contribution in [2.45, 2.75) is 66.0 Å². The maximum atomic E-state index is 14.2. The predicted octanol–water partition coefficient (Wildman–Crippen LogP) is 4.21. The molecule has 0 bridgehead atoms. The van der Waals surface area contributed by atoms with Gasteiger partial charge in [-0.05, 0) is 77.7 Å². The molecule has 1 aromatic carbocycles. The zero-order valence-electron chi connectivity index (χ0n) is 24.3. The lowest BCUT2D eigenvalue weighted by atomic mass is 9.76. The third kappa shape index (κ3) is 6.49. The van der Waals surface area contributed by atoms with E-state index in [2.05, 4.69) is 44.1 Å². The minimum atomic E-state index is -0.496. The van der Waals surface area contributed by atoms with E-state index in [-0.39, 0.29) is 34.6 Å². The zero-order chi connectivity index (χ0) is 28.2. The first kappa shape index (κ1) is 29.1. The van der Waals surface area contributed by atoms with Gasteiger partial charge in [0, 0.05) is 50.2 Å². The number of rotatable bonds is 12. The van der Waals surface area contributed by atoms with Crippen LogP contribution < -0.4 is 15.0 Å². The van der Waals surface area contributed by atoms with Crippen LogP contribution in [0.1, 0.15) is 64.2 Å². The Bertz CT molecular complexity index is 1120. The van der Waals surface area contributed by atoms with Crippen molar-refractivity contribution in [3.05, 3.63) is 35.9 Å². The van der Waals surface area contributed by atoms with Gasteiger partial charge in [0.2, 0.25) is 0 Å². The van der Waals surface area contributed by atoms with Gasteiger partial charge in [-0.15, -0.1) is 10.2 Å². The van der Waals surface area contributed by atoms with E-state index in [1.165, 1.54) is 37.4 Å². The van der Waals surface area contributed by atoms with Crippen LogP contribution in [0.3, 0.4) is 0 Å². The summed E-state index contributed by atoms with van der Waals surface area (Å²) in [6.07, 6.45) is 4.89. The molecule has 1 spiro atoms. The molecule has 0 aliphatic carbocycles. The van der Waals surface area contributed by atoms with E-state index in [9.17, 15) is 9.18 Å². The van der Waals surface area contributed by atoms with Gasteiger partial charge < -0.3 is 19.9 Å². The normalized spacial score (nSPS) is 17.6. The summed E-state index contributed by atoms with van der Waals surface area (Å²) in [4.78, 5) is 24.3. The summed E-state index contributed by atoms with van der Waals surface area (Å²) in [7, 11) is 2.01. The van der Waals surface area contributed by atoms with Gasteiger partial charge in [0.25, 0.3) is 11.8 Å². The number of hydrogen-bond acceptors (Lipinski definition) is 8. The van der Waals surface area contributed by atoms with Crippen molar-refractivity contribution in [3.63, 3.8) is 0 Å². The molecule has 3 heterocycles. The van der Waals surface area contributed by atoms with Crippen LogP contribution >= 0.6 is 0 Å². The number of benzene rings is 1. The van der Waals surface area contributed by atoms with Gasteiger partial charge in [-0.2, -0.15) is 0 Å². The Morgan fingerprint density at radius 1 is 1.23 bits per heavy atom. The number of nitrogens with zero attached hydrogens (tertiary/aromatic N) is 6. The van der Waals surface area contributed by atoms with Crippen molar-refractivity contribution >= 4 is 11.7 Å². The third-order valence-electron chi connectivity index (χ3n) is 8.16. The molecule has 214 valence electrons. The molecule has 1 N–H and O–H groups in total. The maximum Gasteiger partial charge on any atom is 0.282 e. The van der Waals surface area contributed by atoms with Crippen LogP contribution in [0.2, 0.25) is 0 Å². The topological polar surface area (TPSA) is 86.7 Å². The SMILES string of the molecule is CCN(C(=O)c1cc(F)ccc1Oc1nncnc1N1CCC2(C1)CN(C(CCCNC)C(C)C)C2)C(C)C. The molecule has 0 radical (unpaired) electrons. The molecule has 10 heteroatoms. The average molecular weight is 542 g/mol. The largest absolute Gasteiger partial charge is 0.434 e. The number of amides is 1. The van der Waals surface area contributed by atoms with Crippen LogP contribution in [-0.2, 0) is 0 Å². The lowest BCUT2D eigenvalue weighted by Gasteiger charge is -2.53. The molecular weight excluding hydrogens is 497 g/mol. The molecule has 0 saturated carbocycles. The highest BCUT2D eigenvalue weighted by Crippen LogP contribution is 2.44. The summed E-state index contributed by atoms with van der Waals surface area (Å²) in [6.45, 7) is 15.8. The summed E-state index contributed by atoms with van der Waals surface area (Å²) < 4.78 is 20.4. The summed E-state index contributed by atoms with van der Waals surface area (Å²) in [6, 6.07) is 4.55. The van der Waals surface area contributed by atoms with Crippen molar-refractivity contribution in [1.29, 1.82) is 0 Å². The Morgan fingerprint density at radius 3 is 2.67 bits per heavy atom. The van der Waals surface area contributed by atoms with Gasteiger partial charge in [-0.25, -0.2) is 9.37 Å². The molecule has 1 amide bonds. The third-order valence-corrected chi connectivity index (χ3v) is 8.16. The highest BCUT2D eigenvalue weighted by molar-refractivity contribution is 5.97. The van der Waals surface area contributed by atoms with Gasteiger partial charge >= 0.3 is 0 Å². The van der Waals surface area contributed by atoms with Crippen LogP contribution in [0.5, 0.6) is 11.6 Å². The summed E-state index contributed by atoms with van der Waals surface area (Å²) >= 11 is 0. The number of anilines is 1. The van der Waals surface area contributed by atoms with E-state index in [4.69, 9.17) is 4.74 Å². The second-order valence-corrected chi connectivity index (χ2v) is 11.6. The van der Waals surface area contributed by atoms with Crippen molar-refractivity contribution in [1.82, 2.24) is 30.3 Å². The quantitative estimate of drug-likeness (QED) is 0.400. The molecular formula is C29H44FN7O2. The molecule has 2 aromatic rings. The standard InChI is InChI=1S/C29H44FN7O2/c1-7-37(21(4)5)28(38)23-15-22(30)10-11-25(23)39-27-26(32-19-33-34-27)35-14-12-29(16-35)17-36(18-29)24(20(2)3)9-8-13-31-6/h10-11,15,19-21,24,31H,7-9,12-14,16-18H2,1-6H3. The fourth-order valence-corrected chi connectivity index (χ4v) is 6.15. The number of halogens is 1. The molecule has 9 nitrogen and oxygen atoms in total. The van der Waals surface area contributed by atoms with Crippen molar-refractivity contribution in [2.24, 2.45) is 11.3 Å². The van der Waals surface area contributed by atoms with Crippen LogP contribution in [0.25, 0.3) is 0 Å². The van der Waals surface area contributed by atoms with Crippen LogP contribution in [0.4, 0.5) is 10.2 Å². The Kier molecular flexibility index (Phi) is 9.38. The van der Waals surface area contributed by atoms with Gasteiger partial charge in [-0.3, -0.25) is 9.69 Å². The molecule has 1 unspecified atom stereocenters. The second kappa shape index (κ2) is 12.6. The first-order chi connectivity index (χ1) is 18.7. The number of ether oxygens (including phenoxy) is 1.